The van der Waals surface area contributed by atoms with Crippen LogP contribution in [-0.4, -0.2) is 13.3 Å². The first-order valence-corrected chi connectivity index (χ1v) is 2.81. The highest BCUT2D eigenvalue weighted by molar-refractivity contribution is 5.76. The van der Waals surface area contributed by atoms with Gasteiger partial charge in [0.25, 0.3) is 0 Å². The lowest BCUT2D eigenvalue weighted by Gasteiger charge is -1.90. The summed E-state index contributed by atoms with van der Waals surface area (Å²) in [6.45, 7) is 5.21. The molecule has 0 saturated carbocycles. The van der Waals surface area contributed by atoms with Crippen LogP contribution in [0.25, 0.3) is 0 Å². The summed E-state index contributed by atoms with van der Waals surface area (Å²) in [4.78, 5) is 4.44. The molecule has 0 unspecified atom stereocenters. The van der Waals surface area contributed by atoms with Crippen molar-refractivity contribution in [3.05, 3.63) is 24.7 Å². The Morgan fingerprint density at radius 2 is 2.30 bits per heavy atom. The Morgan fingerprint density at radius 3 is 2.80 bits per heavy atom. The Kier molecular flexibility index (Phi) is 5.14. The predicted molar refractivity (Wildman–Crippen MR) is 40.5 cm³/mol. The number of ether oxygens (including phenoxy) is 1. The van der Waals surface area contributed by atoms with E-state index in [1.807, 2.05) is 6.92 Å². The van der Waals surface area contributed by atoms with E-state index in [0.29, 0.717) is 0 Å². The molecule has 0 atom stereocenters. The molecular formula is C7H11NO2. The average molecular weight is 141 g/mol. The van der Waals surface area contributed by atoms with Crippen molar-refractivity contribution >= 4 is 6.21 Å². The summed E-state index contributed by atoms with van der Waals surface area (Å²) in [6, 6.07) is 0. The third-order valence-corrected chi connectivity index (χ3v) is 0.712. The van der Waals surface area contributed by atoms with E-state index < -0.39 is 0 Å². The maximum absolute atomic E-state index is 4.75. The van der Waals surface area contributed by atoms with Gasteiger partial charge >= 0.3 is 0 Å². The molecule has 0 aromatic rings. The van der Waals surface area contributed by atoms with Crippen molar-refractivity contribution in [1.29, 1.82) is 0 Å². The van der Waals surface area contributed by atoms with E-state index >= 15 is 0 Å². The second kappa shape index (κ2) is 5.88. The Bertz CT molecular complexity index is 150. The lowest BCUT2D eigenvalue weighted by molar-refractivity contribution is 0.215. The van der Waals surface area contributed by atoms with E-state index in [1.165, 1.54) is 19.6 Å². The van der Waals surface area contributed by atoms with Crippen LogP contribution in [-0.2, 0) is 9.57 Å². The quantitative estimate of drug-likeness (QED) is 0.339. The van der Waals surface area contributed by atoms with E-state index in [4.69, 9.17) is 4.74 Å². The smallest absolute Gasteiger partial charge is 0.106 e. The van der Waals surface area contributed by atoms with Crippen LogP contribution in [0.2, 0.25) is 0 Å². The summed E-state index contributed by atoms with van der Waals surface area (Å²) < 4.78 is 4.75. The molecule has 56 valence electrons. The molecule has 0 radical (unpaired) electrons. The second-order valence-electron chi connectivity index (χ2n) is 1.58. The number of rotatable bonds is 4. The maximum Gasteiger partial charge on any atom is 0.106 e. The molecule has 3 heteroatoms. The van der Waals surface area contributed by atoms with Crippen LogP contribution in [0.4, 0.5) is 0 Å². The monoisotopic (exact) mass is 141 g/mol. The fourth-order valence-corrected chi connectivity index (χ4v) is 0.322. The summed E-state index contributed by atoms with van der Waals surface area (Å²) in [6.07, 6.45) is 4.41. The third kappa shape index (κ3) is 4.90. The highest BCUT2D eigenvalue weighted by Crippen LogP contribution is 1.88. The normalized spacial score (nSPS) is 11.6. The maximum atomic E-state index is 4.75. The van der Waals surface area contributed by atoms with Crippen molar-refractivity contribution in [3.63, 3.8) is 0 Å². The zero-order valence-electron chi connectivity index (χ0n) is 6.20. The van der Waals surface area contributed by atoms with Gasteiger partial charge in [0.1, 0.15) is 7.11 Å². The van der Waals surface area contributed by atoms with Gasteiger partial charge in [-0.05, 0) is 6.92 Å². The van der Waals surface area contributed by atoms with E-state index in [-0.39, 0.29) is 0 Å². The van der Waals surface area contributed by atoms with E-state index in [0.717, 1.165) is 5.57 Å². The van der Waals surface area contributed by atoms with Gasteiger partial charge in [0.05, 0.1) is 18.7 Å². The largest absolute Gasteiger partial charge is 0.473 e. The van der Waals surface area contributed by atoms with Gasteiger partial charge in [-0.3, -0.25) is 0 Å². The van der Waals surface area contributed by atoms with Crippen molar-refractivity contribution < 1.29 is 9.57 Å². The number of nitrogens with zero attached hydrogens (tertiary/aromatic N) is 1. The van der Waals surface area contributed by atoms with Crippen LogP contribution in [0.3, 0.4) is 0 Å². The molecule has 0 aliphatic carbocycles. The van der Waals surface area contributed by atoms with Crippen molar-refractivity contribution in [2.24, 2.45) is 5.16 Å². The molecule has 0 fully saturated rings. The Morgan fingerprint density at radius 1 is 1.60 bits per heavy atom. The molecule has 0 aromatic carbocycles. The molecule has 10 heavy (non-hydrogen) atoms. The number of hydrogen-bond donors (Lipinski definition) is 0. The van der Waals surface area contributed by atoms with Crippen LogP contribution in [0, 0.1) is 0 Å². The Hall–Kier alpha value is -1.25. The first kappa shape index (κ1) is 8.75. The van der Waals surface area contributed by atoms with Gasteiger partial charge < -0.3 is 9.57 Å². The molecule has 3 nitrogen and oxygen atoms in total. The zero-order valence-corrected chi connectivity index (χ0v) is 6.20. The van der Waals surface area contributed by atoms with E-state index in [2.05, 4.69) is 16.6 Å². The van der Waals surface area contributed by atoms with Crippen LogP contribution in [0.5, 0.6) is 0 Å². The summed E-state index contributed by atoms with van der Waals surface area (Å²) >= 11 is 0. The van der Waals surface area contributed by atoms with Crippen LogP contribution < -0.4 is 0 Å². The van der Waals surface area contributed by atoms with Gasteiger partial charge in [-0.15, -0.1) is 0 Å². The van der Waals surface area contributed by atoms with E-state index in [9.17, 15) is 0 Å². The summed E-state index contributed by atoms with van der Waals surface area (Å²) in [5, 5.41) is 3.52. The lowest BCUT2D eigenvalue weighted by atomic mass is 10.4. The molecule has 0 aliphatic heterocycles. The van der Waals surface area contributed by atoms with Crippen molar-refractivity contribution in [2.45, 2.75) is 6.92 Å². The summed E-state index contributed by atoms with van der Waals surface area (Å²) in [7, 11) is 1.48. The SMILES string of the molecule is C=CO/C=C(C)/C=N/OC. The molecular weight excluding hydrogens is 130 g/mol. The molecule has 0 aliphatic rings. The molecule has 0 heterocycles. The minimum atomic E-state index is 0.863. The van der Waals surface area contributed by atoms with Gasteiger partial charge in [0.15, 0.2) is 0 Å². The Labute approximate surface area is 60.6 Å². The standard InChI is InChI=1S/C7H11NO2/c1-4-10-6-7(2)5-8-9-3/h4-6H,1H2,2-3H3/b7-6+,8-5+. The first-order valence-electron chi connectivity index (χ1n) is 2.81. The summed E-state index contributed by atoms with van der Waals surface area (Å²) in [5.74, 6) is 0. The molecule has 0 N–H and O–H groups in total. The fourth-order valence-electron chi connectivity index (χ4n) is 0.322. The molecule has 0 amide bonds. The molecule has 0 spiro atoms. The van der Waals surface area contributed by atoms with E-state index in [1.54, 1.807) is 6.21 Å². The minimum absolute atomic E-state index is 0.863. The van der Waals surface area contributed by atoms with Gasteiger partial charge in [0, 0.05) is 5.57 Å². The van der Waals surface area contributed by atoms with Crippen molar-refractivity contribution in [3.8, 4) is 0 Å². The average Bonchev–Trinajstić information content (AvgIpc) is 1.97. The highest BCUT2D eigenvalue weighted by atomic mass is 16.6. The lowest BCUT2D eigenvalue weighted by Crippen LogP contribution is -1.79. The van der Waals surface area contributed by atoms with Gasteiger partial charge in [-0.2, -0.15) is 0 Å². The zero-order chi connectivity index (χ0) is 7.82. The van der Waals surface area contributed by atoms with Crippen LogP contribution in [0.1, 0.15) is 6.92 Å². The van der Waals surface area contributed by atoms with Crippen LogP contribution in [0.15, 0.2) is 29.8 Å². The topological polar surface area (TPSA) is 30.8 Å². The summed E-state index contributed by atoms with van der Waals surface area (Å²) in [5.41, 5.74) is 0.863. The highest BCUT2D eigenvalue weighted by Gasteiger charge is 1.79. The van der Waals surface area contributed by atoms with Crippen molar-refractivity contribution in [2.75, 3.05) is 7.11 Å². The third-order valence-electron chi connectivity index (χ3n) is 0.712. The first-order chi connectivity index (χ1) is 4.81. The van der Waals surface area contributed by atoms with Gasteiger partial charge in [-0.25, -0.2) is 0 Å². The number of oxime groups is 1. The van der Waals surface area contributed by atoms with Crippen LogP contribution >= 0.6 is 0 Å². The number of hydrogen-bond acceptors (Lipinski definition) is 3. The second-order valence-corrected chi connectivity index (χ2v) is 1.58. The molecule has 0 saturated heterocycles. The Balaban J connectivity index is 3.69. The van der Waals surface area contributed by atoms with Crippen molar-refractivity contribution in [1.82, 2.24) is 0 Å². The molecule has 0 bridgehead atoms. The molecule has 0 aromatic heterocycles. The molecule has 0 rings (SSSR count). The number of allylic oxidation sites excluding steroid dienone is 1. The fraction of sp³-hybridized carbons (Fsp3) is 0.286. The predicted octanol–water partition coefficient (Wildman–Crippen LogP) is 1.68. The van der Waals surface area contributed by atoms with Gasteiger partial charge in [0.2, 0.25) is 0 Å². The van der Waals surface area contributed by atoms with Gasteiger partial charge in [-0.1, -0.05) is 11.7 Å². The minimum Gasteiger partial charge on any atom is -0.473 e.